The maximum atomic E-state index is 13.4. The van der Waals surface area contributed by atoms with E-state index in [1.165, 1.54) is 43.5 Å². The van der Waals surface area contributed by atoms with Gasteiger partial charge < -0.3 is 9.47 Å². The van der Waals surface area contributed by atoms with Crippen LogP contribution in [0.15, 0.2) is 72.8 Å². The molecule has 0 unspecified atom stereocenters. The number of ketones is 2. The van der Waals surface area contributed by atoms with Gasteiger partial charge in [0.15, 0.2) is 12.4 Å². The van der Waals surface area contributed by atoms with Gasteiger partial charge in [-0.05, 0) is 30.3 Å². The van der Waals surface area contributed by atoms with Crippen LogP contribution in [0.2, 0.25) is 0 Å². The Labute approximate surface area is 166 Å². The van der Waals surface area contributed by atoms with Crippen molar-refractivity contribution in [2.24, 2.45) is 0 Å². The number of halogens is 1. The standard InChI is InChI=1S/C23H17FO5/c1-28-21-12-11-18(24)13-19(21)20(25)14-29-23(27)17-9-7-16(8-10-17)22(26)15-5-3-2-4-6-15/h2-13H,14H2,1H3. The highest BCUT2D eigenvalue weighted by molar-refractivity contribution is 6.09. The molecule has 3 rings (SSSR count). The molecule has 5 nitrogen and oxygen atoms in total. The number of carbonyl (C=O) groups is 3. The molecule has 3 aromatic rings. The first-order valence-corrected chi connectivity index (χ1v) is 8.73. The summed E-state index contributed by atoms with van der Waals surface area (Å²) in [6, 6.07) is 18.2. The molecule has 0 atom stereocenters. The van der Waals surface area contributed by atoms with Crippen molar-refractivity contribution in [3.63, 3.8) is 0 Å². The molecule has 0 amide bonds. The number of ether oxygens (including phenoxy) is 2. The van der Waals surface area contributed by atoms with Crippen LogP contribution >= 0.6 is 0 Å². The van der Waals surface area contributed by atoms with Gasteiger partial charge >= 0.3 is 5.97 Å². The summed E-state index contributed by atoms with van der Waals surface area (Å²) >= 11 is 0. The van der Waals surface area contributed by atoms with Crippen molar-refractivity contribution in [2.75, 3.05) is 13.7 Å². The highest BCUT2D eigenvalue weighted by Gasteiger charge is 2.17. The third-order valence-electron chi connectivity index (χ3n) is 4.22. The van der Waals surface area contributed by atoms with Gasteiger partial charge in [0.05, 0.1) is 18.2 Å². The van der Waals surface area contributed by atoms with Crippen LogP contribution in [0.4, 0.5) is 4.39 Å². The van der Waals surface area contributed by atoms with Gasteiger partial charge in [-0.15, -0.1) is 0 Å². The van der Waals surface area contributed by atoms with Crippen molar-refractivity contribution in [1.29, 1.82) is 0 Å². The van der Waals surface area contributed by atoms with E-state index < -0.39 is 24.2 Å². The second-order valence-electron chi connectivity index (χ2n) is 6.12. The second kappa shape index (κ2) is 8.93. The number of hydrogen-bond acceptors (Lipinski definition) is 5. The van der Waals surface area contributed by atoms with Gasteiger partial charge in [0.25, 0.3) is 0 Å². The first-order chi connectivity index (χ1) is 14.0. The van der Waals surface area contributed by atoms with E-state index in [1.807, 2.05) is 6.07 Å². The second-order valence-corrected chi connectivity index (χ2v) is 6.12. The van der Waals surface area contributed by atoms with Crippen LogP contribution in [-0.4, -0.2) is 31.3 Å². The Bertz CT molecular complexity index is 1040. The van der Waals surface area contributed by atoms with Gasteiger partial charge in [0.1, 0.15) is 11.6 Å². The van der Waals surface area contributed by atoms with Gasteiger partial charge in [0, 0.05) is 11.1 Å². The number of rotatable bonds is 7. The summed E-state index contributed by atoms with van der Waals surface area (Å²) in [7, 11) is 1.36. The summed E-state index contributed by atoms with van der Waals surface area (Å²) in [6.07, 6.45) is 0. The normalized spacial score (nSPS) is 10.3. The third kappa shape index (κ3) is 4.73. The molecule has 29 heavy (non-hydrogen) atoms. The Morgan fingerprint density at radius 1 is 0.828 bits per heavy atom. The molecule has 0 spiro atoms. The Morgan fingerprint density at radius 3 is 2.10 bits per heavy atom. The molecule has 146 valence electrons. The fraction of sp³-hybridized carbons (Fsp3) is 0.0870. The highest BCUT2D eigenvalue weighted by Crippen LogP contribution is 2.20. The van der Waals surface area contributed by atoms with Crippen molar-refractivity contribution in [3.05, 3.63) is 101 Å². The predicted octanol–water partition coefficient (Wildman–Crippen LogP) is 4.11. The zero-order valence-corrected chi connectivity index (χ0v) is 15.6. The lowest BCUT2D eigenvalue weighted by molar-refractivity contribution is 0.0473. The Hall–Kier alpha value is -3.80. The molecule has 0 aliphatic carbocycles. The van der Waals surface area contributed by atoms with E-state index >= 15 is 0 Å². The van der Waals surface area contributed by atoms with E-state index in [1.54, 1.807) is 24.3 Å². The van der Waals surface area contributed by atoms with E-state index in [0.717, 1.165) is 6.07 Å². The lowest BCUT2D eigenvalue weighted by Crippen LogP contribution is -2.15. The minimum atomic E-state index is -0.729. The van der Waals surface area contributed by atoms with Crippen molar-refractivity contribution in [1.82, 2.24) is 0 Å². The summed E-state index contributed by atoms with van der Waals surface area (Å²) in [6.45, 7) is -0.566. The molecule has 0 saturated carbocycles. The number of Topliss-reactive ketones (excluding diaryl/α,β-unsaturated/α-hetero) is 1. The SMILES string of the molecule is COc1ccc(F)cc1C(=O)COC(=O)c1ccc(C(=O)c2ccccc2)cc1. The first-order valence-electron chi connectivity index (χ1n) is 8.73. The smallest absolute Gasteiger partial charge is 0.338 e. The molecule has 0 radical (unpaired) electrons. The van der Waals surface area contributed by atoms with Crippen molar-refractivity contribution in [2.45, 2.75) is 0 Å². The van der Waals surface area contributed by atoms with E-state index in [0.29, 0.717) is 11.1 Å². The highest BCUT2D eigenvalue weighted by atomic mass is 19.1. The molecule has 0 N–H and O–H groups in total. The molecular formula is C23H17FO5. The van der Waals surface area contributed by atoms with E-state index in [-0.39, 0.29) is 22.7 Å². The van der Waals surface area contributed by atoms with E-state index in [9.17, 15) is 18.8 Å². The lowest BCUT2D eigenvalue weighted by Gasteiger charge is -2.09. The summed E-state index contributed by atoms with van der Waals surface area (Å²) in [4.78, 5) is 36.8. The molecule has 3 aromatic carbocycles. The van der Waals surface area contributed by atoms with Gasteiger partial charge in [-0.25, -0.2) is 9.18 Å². The average molecular weight is 392 g/mol. The van der Waals surface area contributed by atoms with E-state index in [4.69, 9.17) is 9.47 Å². The fourth-order valence-corrected chi connectivity index (χ4v) is 2.70. The Balaban J connectivity index is 1.65. The zero-order valence-electron chi connectivity index (χ0n) is 15.6. The third-order valence-corrected chi connectivity index (χ3v) is 4.22. The van der Waals surface area contributed by atoms with Crippen LogP contribution in [0.25, 0.3) is 0 Å². The number of carbonyl (C=O) groups excluding carboxylic acids is 3. The predicted molar refractivity (Wildman–Crippen MR) is 104 cm³/mol. The average Bonchev–Trinajstić information content (AvgIpc) is 2.77. The molecule has 0 heterocycles. The zero-order chi connectivity index (χ0) is 20.8. The van der Waals surface area contributed by atoms with E-state index in [2.05, 4.69) is 0 Å². The minimum absolute atomic E-state index is 0.0101. The van der Waals surface area contributed by atoms with Gasteiger partial charge in [0.2, 0.25) is 5.78 Å². The summed E-state index contributed by atoms with van der Waals surface area (Å²) < 4.78 is 23.4. The Morgan fingerprint density at radius 2 is 1.45 bits per heavy atom. The van der Waals surface area contributed by atoms with Crippen LogP contribution in [0.5, 0.6) is 5.75 Å². The maximum absolute atomic E-state index is 13.4. The molecule has 0 fully saturated rings. The number of esters is 1. The van der Waals surface area contributed by atoms with Crippen LogP contribution in [0.3, 0.4) is 0 Å². The molecule has 0 bridgehead atoms. The Kier molecular flexibility index (Phi) is 6.14. The number of hydrogen-bond donors (Lipinski definition) is 0. The maximum Gasteiger partial charge on any atom is 0.338 e. The molecule has 0 aliphatic rings. The molecular weight excluding hydrogens is 375 g/mol. The number of methoxy groups -OCH3 is 1. The topological polar surface area (TPSA) is 69.7 Å². The molecule has 0 aromatic heterocycles. The van der Waals surface area contributed by atoms with Crippen LogP contribution < -0.4 is 4.74 Å². The minimum Gasteiger partial charge on any atom is -0.496 e. The summed E-state index contributed by atoms with van der Waals surface area (Å²) in [5, 5.41) is 0. The van der Waals surface area contributed by atoms with Crippen molar-refractivity contribution >= 4 is 17.5 Å². The largest absolute Gasteiger partial charge is 0.496 e. The van der Waals surface area contributed by atoms with Gasteiger partial charge in [-0.1, -0.05) is 42.5 Å². The molecule has 0 aliphatic heterocycles. The monoisotopic (exact) mass is 392 g/mol. The summed E-state index contributed by atoms with van der Waals surface area (Å²) in [5.74, 6) is -1.90. The summed E-state index contributed by atoms with van der Waals surface area (Å²) in [5.41, 5.74) is 1.14. The van der Waals surface area contributed by atoms with Crippen LogP contribution in [0.1, 0.15) is 36.6 Å². The fourth-order valence-electron chi connectivity index (χ4n) is 2.70. The molecule has 0 saturated heterocycles. The van der Waals surface area contributed by atoms with Crippen LogP contribution in [-0.2, 0) is 4.74 Å². The molecule has 6 heteroatoms. The van der Waals surface area contributed by atoms with Gasteiger partial charge in [-0.3, -0.25) is 9.59 Å². The lowest BCUT2D eigenvalue weighted by atomic mass is 10.0. The van der Waals surface area contributed by atoms with Gasteiger partial charge in [-0.2, -0.15) is 0 Å². The van der Waals surface area contributed by atoms with Crippen molar-refractivity contribution in [3.8, 4) is 5.75 Å². The quantitative estimate of drug-likeness (QED) is 0.447. The van der Waals surface area contributed by atoms with Crippen molar-refractivity contribution < 1.29 is 28.2 Å². The first kappa shape index (κ1) is 19.9. The van der Waals surface area contributed by atoms with Crippen LogP contribution in [0, 0.1) is 5.82 Å². The number of benzene rings is 3.